The maximum atomic E-state index is 12.7. The standard InChI is InChI=1S/C21H35N3O4/c25-16-21-14-23(19(26)5-6-22-7-9-28-10-8-22)12-18(21)13-24(15-21)20(27)11-17-3-1-2-4-17/h17-18,25H,1-16H2. The van der Waals surface area contributed by atoms with E-state index in [1.165, 1.54) is 25.7 Å². The minimum atomic E-state index is -0.319. The van der Waals surface area contributed by atoms with Gasteiger partial charge in [0.15, 0.2) is 0 Å². The van der Waals surface area contributed by atoms with Gasteiger partial charge in [-0.05, 0) is 18.8 Å². The number of hydrogen-bond donors (Lipinski definition) is 1. The molecule has 7 heteroatoms. The van der Waals surface area contributed by atoms with E-state index in [-0.39, 0.29) is 29.8 Å². The molecule has 0 aromatic carbocycles. The van der Waals surface area contributed by atoms with E-state index >= 15 is 0 Å². The Kier molecular flexibility index (Phi) is 6.23. The first kappa shape index (κ1) is 20.1. The van der Waals surface area contributed by atoms with Gasteiger partial charge in [-0.1, -0.05) is 12.8 Å². The third-order valence-corrected chi connectivity index (χ3v) is 7.46. The lowest BCUT2D eigenvalue weighted by Crippen LogP contribution is -2.42. The van der Waals surface area contributed by atoms with Crippen molar-refractivity contribution in [2.75, 3.05) is 65.6 Å². The topological polar surface area (TPSA) is 73.3 Å². The number of ether oxygens (including phenoxy) is 1. The largest absolute Gasteiger partial charge is 0.396 e. The van der Waals surface area contributed by atoms with Gasteiger partial charge in [0.25, 0.3) is 0 Å². The van der Waals surface area contributed by atoms with E-state index in [4.69, 9.17) is 4.74 Å². The zero-order chi connectivity index (χ0) is 19.6. The summed E-state index contributed by atoms with van der Waals surface area (Å²) >= 11 is 0. The van der Waals surface area contributed by atoms with Crippen molar-refractivity contribution >= 4 is 11.8 Å². The fraction of sp³-hybridized carbons (Fsp3) is 0.905. The monoisotopic (exact) mass is 393 g/mol. The van der Waals surface area contributed by atoms with Gasteiger partial charge in [0.2, 0.25) is 11.8 Å². The average Bonchev–Trinajstić information content (AvgIpc) is 3.41. The summed E-state index contributed by atoms with van der Waals surface area (Å²) in [6.07, 6.45) is 6.06. The van der Waals surface area contributed by atoms with Gasteiger partial charge in [0.05, 0.1) is 19.8 Å². The molecule has 2 atom stereocenters. The van der Waals surface area contributed by atoms with Gasteiger partial charge < -0.3 is 19.6 Å². The molecule has 2 unspecified atom stereocenters. The molecule has 0 bridgehead atoms. The predicted molar refractivity (Wildman–Crippen MR) is 105 cm³/mol. The Morgan fingerprint density at radius 2 is 1.64 bits per heavy atom. The summed E-state index contributed by atoms with van der Waals surface area (Å²) in [5, 5.41) is 10.1. The third-order valence-electron chi connectivity index (χ3n) is 7.46. The summed E-state index contributed by atoms with van der Waals surface area (Å²) in [6.45, 7) is 6.69. The van der Waals surface area contributed by atoms with Gasteiger partial charge in [-0.25, -0.2) is 0 Å². The molecule has 1 saturated carbocycles. The average molecular weight is 394 g/mol. The summed E-state index contributed by atoms with van der Waals surface area (Å²) in [5.41, 5.74) is -0.319. The van der Waals surface area contributed by atoms with Crippen molar-refractivity contribution in [1.82, 2.24) is 14.7 Å². The summed E-state index contributed by atoms with van der Waals surface area (Å²) in [6, 6.07) is 0. The molecule has 28 heavy (non-hydrogen) atoms. The Labute approximate surface area is 168 Å². The molecule has 3 heterocycles. The Balaban J connectivity index is 1.28. The fourth-order valence-electron chi connectivity index (χ4n) is 5.61. The van der Waals surface area contributed by atoms with E-state index in [9.17, 15) is 14.7 Å². The number of carbonyl (C=O) groups excluding carboxylic acids is 2. The van der Waals surface area contributed by atoms with Gasteiger partial charge in [-0.3, -0.25) is 14.5 Å². The number of aliphatic hydroxyl groups excluding tert-OH is 1. The molecule has 1 N–H and O–H groups in total. The van der Waals surface area contributed by atoms with Crippen LogP contribution in [0.5, 0.6) is 0 Å². The zero-order valence-corrected chi connectivity index (χ0v) is 17.0. The molecule has 1 aliphatic carbocycles. The highest BCUT2D eigenvalue weighted by Crippen LogP contribution is 2.43. The van der Waals surface area contributed by atoms with Crippen LogP contribution in [0.1, 0.15) is 38.5 Å². The van der Waals surface area contributed by atoms with Gasteiger partial charge in [0, 0.05) is 70.0 Å². The molecule has 0 spiro atoms. The Bertz CT molecular complexity index is 574. The normalized spacial score (nSPS) is 31.5. The lowest BCUT2D eigenvalue weighted by Gasteiger charge is -2.29. The number of carbonyl (C=O) groups is 2. The minimum Gasteiger partial charge on any atom is -0.396 e. The van der Waals surface area contributed by atoms with E-state index in [1.807, 2.05) is 9.80 Å². The molecule has 4 rings (SSSR count). The number of hydrogen-bond acceptors (Lipinski definition) is 5. The van der Waals surface area contributed by atoms with E-state index in [0.717, 1.165) is 32.8 Å². The molecular weight excluding hydrogens is 358 g/mol. The number of aliphatic hydroxyl groups is 1. The smallest absolute Gasteiger partial charge is 0.223 e. The molecule has 0 radical (unpaired) electrons. The fourth-order valence-corrected chi connectivity index (χ4v) is 5.61. The summed E-state index contributed by atoms with van der Waals surface area (Å²) in [7, 11) is 0. The van der Waals surface area contributed by atoms with Crippen LogP contribution in [0.25, 0.3) is 0 Å². The van der Waals surface area contributed by atoms with Crippen molar-refractivity contribution in [2.45, 2.75) is 38.5 Å². The minimum absolute atomic E-state index is 0.0537. The zero-order valence-electron chi connectivity index (χ0n) is 17.0. The van der Waals surface area contributed by atoms with Crippen LogP contribution < -0.4 is 0 Å². The predicted octanol–water partition coefficient (Wildman–Crippen LogP) is 0.568. The van der Waals surface area contributed by atoms with E-state index < -0.39 is 0 Å². The second-order valence-electron chi connectivity index (χ2n) is 9.32. The Morgan fingerprint density at radius 1 is 1.00 bits per heavy atom. The van der Waals surface area contributed by atoms with Gasteiger partial charge in [-0.2, -0.15) is 0 Å². The number of fused-ring (bicyclic) bond motifs is 1. The van der Waals surface area contributed by atoms with Crippen LogP contribution in [-0.4, -0.2) is 97.3 Å². The van der Waals surface area contributed by atoms with Crippen LogP contribution in [-0.2, 0) is 14.3 Å². The number of rotatable bonds is 6. The molecule has 0 aromatic rings. The number of amides is 2. The maximum Gasteiger partial charge on any atom is 0.223 e. The molecule has 4 fully saturated rings. The highest BCUT2D eigenvalue weighted by Gasteiger charge is 2.54. The van der Waals surface area contributed by atoms with Gasteiger partial charge >= 0.3 is 0 Å². The highest BCUT2D eigenvalue weighted by molar-refractivity contribution is 5.78. The number of nitrogens with zero attached hydrogens (tertiary/aromatic N) is 3. The third kappa shape index (κ3) is 4.21. The lowest BCUT2D eigenvalue weighted by atomic mass is 9.82. The van der Waals surface area contributed by atoms with Crippen LogP contribution in [0.15, 0.2) is 0 Å². The van der Waals surface area contributed by atoms with E-state index in [1.54, 1.807) is 0 Å². The van der Waals surface area contributed by atoms with E-state index in [2.05, 4.69) is 4.90 Å². The summed E-state index contributed by atoms with van der Waals surface area (Å²) < 4.78 is 5.36. The molecule has 2 amide bonds. The second-order valence-corrected chi connectivity index (χ2v) is 9.32. The van der Waals surface area contributed by atoms with Crippen molar-refractivity contribution < 1.29 is 19.4 Å². The lowest BCUT2D eigenvalue weighted by molar-refractivity contribution is -0.133. The molecule has 4 aliphatic rings. The van der Waals surface area contributed by atoms with Gasteiger partial charge in [0.1, 0.15) is 0 Å². The Hall–Kier alpha value is -1.18. The Morgan fingerprint density at radius 3 is 2.25 bits per heavy atom. The number of morpholine rings is 1. The molecule has 7 nitrogen and oxygen atoms in total. The van der Waals surface area contributed by atoms with Crippen molar-refractivity contribution in [3.63, 3.8) is 0 Å². The molecule has 0 aromatic heterocycles. The number of likely N-dealkylation sites (tertiary alicyclic amines) is 2. The first-order valence-electron chi connectivity index (χ1n) is 11.1. The summed E-state index contributed by atoms with van der Waals surface area (Å²) in [5.74, 6) is 1.19. The van der Waals surface area contributed by atoms with Crippen molar-refractivity contribution in [3.05, 3.63) is 0 Å². The quantitative estimate of drug-likeness (QED) is 0.714. The molecular formula is C21H35N3O4. The first-order chi connectivity index (χ1) is 13.6. The van der Waals surface area contributed by atoms with Crippen molar-refractivity contribution in [2.24, 2.45) is 17.3 Å². The molecule has 3 aliphatic heterocycles. The molecule has 158 valence electrons. The first-order valence-corrected chi connectivity index (χ1v) is 11.1. The van der Waals surface area contributed by atoms with Crippen LogP contribution >= 0.6 is 0 Å². The van der Waals surface area contributed by atoms with Crippen LogP contribution in [0, 0.1) is 17.3 Å². The van der Waals surface area contributed by atoms with Crippen LogP contribution in [0.2, 0.25) is 0 Å². The second kappa shape index (κ2) is 8.67. The van der Waals surface area contributed by atoms with Gasteiger partial charge in [-0.15, -0.1) is 0 Å². The molecule has 3 saturated heterocycles. The van der Waals surface area contributed by atoms with Crippen LogP contribution in [0.3, 0.4) is 0 Å². The summed E-state index contributed by atoms with van der Waals surface area (Å²) in [4.78, 5) is 31.6. The van der Waals surface area contributed by atoms with Crippen molar-refractivity contribution in [3.8, 4) is 0 Å². The highest BCUT2D eigenvalue weighted by atomic mass is 16.5. The SMILES string of the molecule is O=C(CCN1CCOCC1)N1CC2CN(C(=O)CC3CCCC3)CC2(CO)C1. The van der Waals surface area contributed by atoms with E-state index in [0.29, 0.717) is 44.9 Å². The maximum absolute atomic E-state index is 12.7. The van der Waals surface area contributed by atoms with Crippen LogP contribution in [0.4, 0.5) is 0 Å². The van der Waals surface area contributed by atoms with Crippen molar-refractivity contribution in [1.29, 1.82) is 0 Å².